The van der Waals surface area contributed by atoms with Crippen molar-refractivity contribution < 1.29 is 14.3 Å². The number of fused-ring (bicyclic) bond motifs is 1. The molecule has 1 fully saturated rings. The van der Waals surface area contributed by atoms with Crippen LogP contribution in [0.3, 0.4) is 0 Å². The molecule has 2 aliphatic heterocycles. The van der Waals surface area contributed by atoms with Crippen molar-refractivity contribution in [3.8, 4) is 0 Å². The minimum atomic E-state index is -0.590. The van der Waals surface area contributed by atoms with Gasteiger partial charge in [-0.2, -0.15) is 0 Å². The zero-order chi connectivity index (χ0) is 15.7. The number of carbonyl (C=O) groups excluding carboxylic acids is 2. The van der Waals surface area contributed by atoms with E-state index in [0.717, 1.165) is 6.42 Å². The molecule has 22 heavy (non-hydrogen) atoms. The van der Waals surface area contributed by atoms with Gasteiger partial charge in [-0.1, -0.05) is 38.1 Å². The smallest absolute Gasteiger partial charge is 0.252 e. The molecular weight excluding hydrogens is 278 g/mol. The van der Waals surface area contributed by atoms with Crippen LogP contribution < -0.4 is 0 Å². The summed E-state index contributed by atoms with van der Waals surface area (Å²) in [5.74, 6) is 0.425. The molecule has 118 valence electrons. The molecular formula is C18H23NO3. The second-order valence-corrected chi connectivity index (χ2v) is 6.52. The van der Waals surface area contributed by atoms with Crippen LogP contribution in [0.5, 0.6) is 0 Å². The summed E-state index contributed by atoms with van der Waals surface area (Å²) in [6.07, 6.45) is 0.932. The largest absolute Gasteiger partial charge is 0.367 e. The SMILES string of the molecule is CC(C)[C@H]1c2ccccc2CCN1C(=O)C1CC(=O)CCO1. The van der Waals surface area contributed by atoms with Crippen LogP contribution in [0.1, 0.15) is 43.9 Å². The van der Waals surface area contributed by atoms with E-state index in [-0.39, 0.29) is 24.2 Å². The Morgan fingerprint density at radius 2 is 2.05 bits per heavy atom. The van der Waals surface area contributed by atoms with Crippen LogP contribution in [-0.4, -0.2) is 35.8 Å². The minimum Gasteiger partial charge on any atom is -0.367 e. The van der Waals surface area contributed by atoms with Crippen LogP contribution in [0.4, 0.5) is 0 Å². The van der Waals surface area contributed by atoms with Gasteiger partial charge in [-0.3, -0.25) is 9.59 Å². The predicted molar refractivity (Wildman–Crippen MR) is 83.4 cm³/mol. The number of carbonyl (C=O) groups is 2. The summed E-state index contributed by atoms with van der Waals surface area (Å²) in [6, 6.07) is 8.41. The first-order chi connectivity index (χ1) is 10.6. The van der Waals surface area contributed by atoms with E-state index in [1.807, 2.05) is 11.0 Å². The Labute approximate surface area is 131 Å². The highest BCUT2D eigenvalue weighted by Gasteiger charge is 2.37. The number of Topliss-reactive ketones (excluding diaryl/α,β-unsaturated/α-hetero) is 1. The summed E-state index contributed by atoms with van der Waals surface area (Å²) in [5, 5.41) is 0. The Hall–Kier alpha value is -1.68. The molecule has 0 saturated carbocycles. The Morgan fingerprint density at radius 3 is 2.77 bits per heavy atom. The van der Waals surface area contributed by atoms with Crippen molar-refractivity contribution in [3.63, 3.8) is 0 Å². The molecule has 1 aromatic rings. The Balaban J connectivity index is 1.86. The van der Waals surface area contributed by atoms with Gasteiger partial charge in [0.1, 0.15) is 11.9 Å². The van der Waals surface area contributed by atoms with E-state index < -0.39 is 6.10 Å². The second kappa shape index (κ2) is 6.21. The monoisotopic (exact) mass is 301 g/mol. The molecule has 3 rings (SSSR count). The molecule has 0 aromatic heterocycles. The van der Waals surface area contributed by atoms with Gasteiger partial charge in [-0.15, -0.1) is 0 Å². The summed E-state index contributed by atoms with van der Waals surface area (Å²) in [4.78, 5) is 26.4. The minimum absolute atomic E-state index is 0.0266. The molecule has 1 saturated heterocycles. The van der Waals surface area contributed by atoms with Crippen LogP contribution in [0.2, 0.25) is 0 Å². The summed E-state index contributed by atoms with van der Waals surface area (Å²) in [7, 11) is 0. The topological polar surface area (TPSA) is 46.6 Å². The maximum atomic E-state index is 12.9. The lowest BCUT2D eigenvalue weighted by atomic mass is 9.85. The van der Waals surface area contributed by atoms with E-state index in [1.165, 1.54) is 11.1 Å². The van der Waals surface area contributed by atoms with E-state index in [0.29, 0.717) is 25.5 Å². The maximum Gasteiger partial charge on any atom is 0.252 e. The van der Waals surface area contributed by atoms with Crippen molar-refractivity contribution in [2.45, 2.75) is 45.3 Å². The lowest BCUT2D eigenvalue weighted by Crippen LogP contribution is -2.49. The van der Waals surface area contributed by atoms with Gasteiger partial charge in [0, 0.05) is 19.4 Å². The summed E-state index contributed by atoms with van der Waals surface area (Å²) in [5.41, 5.74) is 2.56. The average Bonchev–Trinajstić information content (AvgIpc) is 2.52. The molecule has 2 atom stereocenters. The summed E-state index contributed by atoms with van der Waals surface area (Å²) >= 11 is 0. The van der Waals surface area contributed by atoms with Crippen molar-refractivity contribution in [1.82, 2.24) is 4.90 Å². The molecule has 0 spiro atoms. The highest BCUT2D eigenvalue weighted by Crippen LogP contribution is 2.36. The van der Waals surface area contributed by atoms with E-state index in [2.05, 4.69) is 32.0 Å². The number of ether oxygens (including phenoxy) is 1. The Morgan fingerprint density at radius 1 is 1.27 bits per heavy atom. The van der Waals surface area contributed by atoms with Gasteiger partial charge in [-0.05, 0) is 23.5 Å². The molecule has 4 nitrogen and oxygen atoms in total. The van der Waals surface area contributed by atoms with Crippen LogP contribution in [0.15, 0.2) is 24.3 Å². The third-order valence-electron chi connectivity index (χ3n) is 4.63. The third kappa shape index (κ3) is 2.80. The van der Waals surface area contributed by atoms with E-state index in [1.54, 1.807) is 0 Å². The summed E-state index contributed by atoms with van der Waals surface area (Å²) < 4.78 is 5.57. The summed E-state index contributed by atoms with van der Waals surface area (Å²) in [6.45, 7) is 5.35. The number of hydrogen-bond donors (Lipinski definition) is 0. The Kier molecular flexibility index (Phi) is 4.30. The number of nitrogens with zero attached hydrogens (tertiary/aromatic N) is 1. The van der Waals surface area contributed by atoms with Crippen LogP contribution in [-0.2, 0) is 20.7 Å². The second-order valence-electron chi connectivity index (χ2n) is 6.52. The normalized spacial score (nSPS) is 25.2. The maximum absolute atomic E-state index is 12.9. The average molecular weight is 301 g/mol. The highest BCUT2D eigenvalue weighted by atomic mass is 16.5. The van der Waals surface area contributed by atoms with Crippen molar-refractivity contribution in [1.29, 1.82) is 0 Å². The number of benzene rings is 1. The molecule has 1 aromatic carbocycles. The number of rotatable bonds is 2. The van der Waals surface area contributed by atoms with Crippen molar-refractivity contribution >= 4 is 11.7 Å². The molecule has 0 aliphatic carbocycles. The lowest BCUT2D eigenvalue weighted by Gasteiger charge is -2.41. The molecule has 2 heterocycles. The van der Waals surface area contributed by atoms with Gasteiger partial charge in [0.25, 0.3) is 5.91 Å². The zero-order valence-corrected chi connectivity index (χ0v) is 13.2. The zero-order valence-electron chi connectivity index (χ0n) is 13.2. The fraction of sp³-hybridized carbons (Fsp3) is 0.556. The predicted octanol–water partition coefficient (Wildman–Crippen LogP) is 2.52. The molecule has 0 N–H and O–H groups in total. The van der Waals surface area contributed by atoms with Crippen molar-refractivity contribution in [2.24, 2.45) is 5.92 Å². The van der Waals surface area contributed by atoms with Gasteiger partial charge < -0.3 is 9.64 Å². The lowest BCUT2D eigenvalue weighted by molar-refractivity contribution is -0.154. The van der Waals surface area contributed by atoms with Gasteiger partial charge in [0.15, 0.2) is 0 Å². The van der Waals surface area contributed by atoms with Crippen LogP contribution in [0.25, 0.3) is 0 Å². The molecule has 1 unspecified atom stereocenters. The molecule has 0 radical (unpaired) electrons. The number of amides is 1. The van der Waals surface area contributed by atoms with Gasteiger partial charge >= 0.3 is 0 Å². The number of hydrogen-bond acceptors (Lipinski definition) is 3. The van der Waals surface area contributed by atoms with Crippen molar-refractivity contribution in [2.75, 3.05) is 13.2 Å². The first-order valence-electron chi connectivity index (χ1n) is 8.09. The molecule has 1 amide bonds. The van der Waals surface area contributed by atoms with Gasteiger partial charge in [-0.25, -0.2) is 0 Å². The quantitative estimate of drug-likeness (QED) is 0.843. The molecule has 2 aliphatic rings. The van der Waals surface area contributed by atoms with E-state index in [4.69, 9.17) is 4.74 Å². The van der Waals surface area contributed by atoms with Crippen molar-refractivity contribution in [3.05, 3.63) is 35.4 Å². The number of ketones is 1. The standard InChI is InChI=1S/C18H23NO3/c1-12(2)17-15-6-4-3-5-13(15)7-9-19(17)18(21)16-11-14(20)8-10-22-16/h3-6,12,16-17H,7-11H2,1-2H3/t16?,17-/m0/s1. The fourth-order valence-electron chi connectivity index (χ4n) is 3.59. The molecule has 4 heteroatoms. The van der Waals surface area contributed by atoms with Crippen LogP contribution in [0, 0.1) is 5.92 Å². The third-order valence-corrected chi connectivity index (χ3v) is 4.63. The van der Waals surface area contributed by atoms with E-state index >= 15 is 0 Å². The molecule has 0 bridgehead atoms. The first-order valence-corrected chi connectivity index (χ1v) is 8.09. The first kappa shape index (κ1) is 15.2. The van der Waals surface area contributed by atoms with Crippen LogP contribution >= 0.6 is 0 Å². The van der Waals surface area contributed by atoms with Gasteiger partial charge in [0.05, 0.1) is 12.6 Å². The van der Waals surface area contributed by atoms with E-state index in [9.17, 15) is 9.59 Å². The fourth-order valence-corrected chi connectivity index (χ4v) is 3.59. The van der Waals surface area contributed by atoms with Gasteiger partial charge in [0.2, 0.25) is 0 Å². The Bertz CT molecular complexity index is 581. The highest BCUT2D eigenvalue weighted by molar-refractivity contribution is 5.89.